The zero-order valence-electron chi connectivity index (χ0n) is 14.5. The monoisotopic (exact) mass is 330 g/mol. The van der Waals surface area contributed by atoms with E-state index in [1.807, 2.05) is 37.3 Å². The Kier molecular flexibility index (Phi) is 5.82. The van der Waals surface area contributed by atoms with Gasteiger partial charge in [-0.2, -0.15) is 4.98 Å². The Morgan fingerprint density at radius 1 is 1.17 bits per heavy atom. The van der Waals surface area contributed by atoms with E-state index in [4.69, 9.17) is 9.26 Å². The number of rotatable bonds is 7. The molecule has 24 heavy (non-hydrogen) atoms. The number of nitrogens with zero attached hydrogens (tertiary/aromatic N) is 4. The van der Waals surface area contributed by atoms with E-state index < -0.39 is 0 Å². The predicted molar refractivity (Wildman–Crippen MR) is 92.0 cm³/mol. The molecule has 3 rings (SSSR count). The van der Waals surface area contributed by atoms with Gasteiger partial charge in [-0.15, -0.1) is 0 Å². The van der Waals surface area contributed by atoms with Gasteiger partial charge in [0.15, 0.2) is 5.82 Å². The molecule has 0 aliphatic carbocycles. The molecule has 6 nitrogen and oxygen atoms in total. The molecule has 1 fully saturated rings. The second-order valence-electron chi connectivity index (χ2n) is 6.12. The Morgan fingerprint density at radius 3 is 2.58 bits per heavy atom. The molecule has 2 aromatic rings. The van der Waals surface area contributed by atoms with Crippen LogP contribution < -0.4 is 4.74 Å². The van der Waals surface area contributed by atoms with Gasteiger partial charge in [-0.25, -0.2) is 0 Å². The maximum atomic E-state index is 5.78. The molecule has 1 aromatic carbocycles. The summed E-state index contributed by atoms with van der Waals surface area (Å²) in [6.07, 6.45) is 0.811. The lowest BCUT2D eigenvalue weighted by Crippen LogP contribution is -2.48. The van der Waals surface area contributed by atoms with Crippen LogP contribution in [0.4, 0.5) is 0 Å². The SMILES string of the molecule is CCc1noc(C(C)N2CCN(CCOc3ccccc3)CC2)n1. The fraction of sp³-hybridized carbons (Fsp3) is 0.556. The summed E-state index contributed by atoms with van der Waals surface area (Å²) in [7, 11) is 0. The highest BCUT2D eigenvalue weighted by molar-refractivity contribution is 5.20. The van der Waals surface area contributed by atoms with Crippen molar-refractivity contribution in [1.82, 2.24) is 19.9 Å². The van der Waals surface area contributed by atoms with Gasteiger partial charge in [-0.3, -0.25) is 9.80 Å². The minimum atomic E-state index is 0.181. The molecule has 1 aromatic heterocycles. The van der Waals surface area contributed by atoms with Crippen LogP contribution in [0.25, 0.3) is 0 Å². The Balaban J connectivity index is 1.40. The van der Waals surface area contributed by atoms with Crippen molar-refractivity contribution in [3.05, 3.63) is 42.0 Å². The maximum absolute atomic E-state index is 5.78. The fourth-order valence-corrected chi connectivity index (χ4v) is 2.92. The van der Waals surface area contributed by atoms with Crippen LogP contribution in [-0.2, 0) is 6.42 Å². The zero-order valence-corrected chi connectivity index (χ0v) is 14.5. The maximum Gasteiger partial charge on any atom is 0.243 e. The van der Waals surface area contributed by atoms with Crippen LogP contribution in [0, 0.1) is 0 Å². The molecule has 2 heterocycles. The lowest BCUT2D eigenvalue weighted by molar-refractivity contribution is 0.0800. The second-order valence-corrected chi connectivity index (χ2v) is 6.12. The molecule has 1 atom stereocenters. The molecule has 130 valence electrons. The van der Waals surface area contributed by atoms with Gasteiger partial charge < -0.3 is 9.26 Å². The summed E-state index contributed by atoms with van der Waals surface area (Å²) >= 11 is 0. The van der Waals surface area contributed by atoms with Gasteiger partial charge in [0.05, 0.1) is 6.04 Å². The third-order valence-electron chi connectivity index (χ3n) is 4.53. The van der Waals surface area contributed by atoms with Gasteiger partial charge in [0.25, 0.3) is 0 Å². The van der Waals surface area contributed by atoms with Gasteiger partial charge in [-0.1, -0.05) is 30.3 Å². The highest BCUT2D eigenvalue weighted by Crippen LogP contribution is 2.20. The average molecular weight is 330 g/mol. The zero-order chi connectivity index (χ0) is 16.8. The number of para-hydroxylation sites is 1. The number of aromatic nitrogens is 2. The first-order chi connectivity index (χ1) is 11.8. The average Bonchev–Trinajstić information content (AvgIpc) is 3.12. The van der Waals surface area contributed by atoms with Crippen molar-refractivity contribution in [2.75, 3.05) is 39.3 Å². The lowest BCUT2D eigenvalue weighted by Gasteiger charge is -2.36. The summed E-state index contributed by atoms with van der Waals surface area (Å²) in [6.45, 7) is 9.96. The Morgan fingerprint density at radius 2 is 1.92 bits per heavy atom. The number of benzene rings is 1. The summed E-state index contributed by atoms with van der Waals surface area (Å²) < 4.78 is 11.2. The summed E-state index contributed by atoms with van der Waals surface area (Å²) in [5, 5.41) is 4.00. The molecular weight excluding hydrogens is 304 g/mol. The molecule has 6 heteroatoms. The molecule has 0 bridgehead atoms. The molecule has 1 saturated heterocycles. The third-order valence-corrected chi connectivity index (χ3v) is 4.53. The molecule has 1 unspecified atom stereocenters. The van der Waals surface area contributed by atoms with Crippen molar-refractivity contribution in [1.29, 1.82) is 0 Å². The fourth-order valence-electron chi connectivity index (χ4n) is 2.92. The van der Waals surface area contributed by atoms with Crippen LogP contribution in [0.1, 0.15) is 31.6 Å². The van der Waals surface area contributed by atoms with Crippen molar-refractivity contribution in [2.45, 2.75) is 26.3 Å². The van der Waals surface area contributed by atoms with Gasteiger partial charge in [0.2, 0.25) is 5.89 Å². The van der Waals surface area contributed by atoms with E-state index in [9.17, 15) is 0 Å². The quantitative estimate of drug-likeness (QED) is 0.777. The van der Waals surface area contributed by atoms with E-state index in [0.29, 0.717) is 0 Å². The van der Waals surface area contributed by atoms with Crippen molar-refractivity contribution >= 4 is 0 Å². The van der Waals surface area contributed by atoms with Gasteiger partial charge >= 0.3 is 0 Å². The molecular formula is C18H26N4O2. The second kappa shape index (κ2) is 8.26. The standard InChI is InChI=1S/C18H26N4O2/c1-3-17-19-18(24-20-17)15(2)22-11-9-21(10-12-22)13-14-23-16-7-5-4-6-8-16/h4-8,15H,3,9-14H2,1-2H3. The highest BCUT2D eigenvalue weighted by atomic mass is 16.5. The Hall–Kier alpha value is -1.92. The molecule has 0 spiro atoms. The number of hydrogen-bond donors (Lipinski definition) is 0. The Bertz CT molecular complexity index is 608. The third kappa shape index (κ3) is 4.33. The molecule has 0 N–H and O–H groups in total. The van der Waals surface area contributed by atoms with Gasteiger partial charge in [0, 0.05) is 39.1 Å². The van der Waals surface area contributed by atoms with Crippen molar-refractivity contribution in [2.24, 2.45) is 0 Å². The highest BCUT2D eigenvalue weighted by Gasteiger charge is 2.25. The molecule has 0 radical (unpaired) electrons. The van der Waals surface area contributed by atoms with E-state index in [1.165, 1.54) is 0 Å². The van der Waals surface area contributed by atoms with Crippen LogP contribution in [0.2, 0.25) is 0 Å². The van der Waals surface area contributed by atoms with Crippen molar-refractivity contribution < 1.29 is 9.26 Å². The number of ether oxygens (including phenoxy) is 1. The van der Waals surface area contributed by atoms with Crippen LogP contribution >= 0.6 is 0 Å². The summed E-state index contributed by atoms with van der Waals surface area (Å²) in [5.41, 5.74) is 0. The summed E-state index contributed by atoms with van der Waals surface area (Å²) in [6, 6.07) is 10.2. The Labute approximate surface area is 143 Å². The molecule has 0 saturated carbocycles. The van der Waals surface area contributed by atoms with E-state index in [1.54, 1.807) is 0 Å². The van der Waals surface area contributed by atoms with Crippen LogP contribution in [0.3, 0.4) is 0 Å². The smallest absolute Gasteiger partial charge is 0.243 e. The first kappa shape index (κ1) is 16.9. The first-order valence-corrected chi connectivity index (χ1v) is 8.73. The van der Waals surface area contributed by atoms with Gasteiger partial charge in [-0.05, 0) is 19.1 Å². The minimum Gasteiger partial charge on any atom is -0.492 e. The van der Waals surface area contributed by atoms with E-state index in [-0.39, 0.29) is 6.04 Å². The molecule has 1 aliphatic rings. The lowest BCUT2D eigenvalue weighted by atomic mass is 10.2. The minimum absolute atomic E-state index is 0.181. The number of aryl methyl sites for hydroxylation is 1. The van der Waals surface area contributed by atoms with E-state index >= 15 is 0 Å². The summed E-state index contributed by atoms with van der Waals surface area (Å²) in [5.74, 6) is 2.45. The molecule has 1 aliphatic heterocycles. The van der Waals surface area contributed by atoms with Crippen molar-refractivity contribution in [3.8, 4) is 5.75 Å². The van der Waals surface area contributed by atoms with Gasteiger partial charge in [0.1, 0.15) is 12.4 Å². The van der Waals surface area contributed by atoms with Crippen molar-refractivity contribution in [3.63, 3.8) is 0 Å². The number of piperazine rings is 1. The van der Waals surface area contributed by atoms with E-state index in [2.05, 4.69) is 26.9 Å². The van der Waals surface area contributed by atoms with Crippen LogP contribution in [0.15, 0.2) is 34.9 Å². The first-order valence-electron chi connectivity index (χ1n) is 8.73. The summed E-state index contributed by atoms with van der Waals surface area (Å²) in [4.78, 5) is 9.30. The number of hydrogen-bond acceptors (Lipinski definition) is 6. The molecule has 0 amide bonds. The predicted octanol–water partition coefficient (Wildman–Crippen LogP) is 2.39. The normalized spacial score (nSPS) is 17.8. The largest absolute Gasteiger partial charge is 0.492 e. The van der Waals surface area contributed by atoms with Crippen LogP contribution in [-0.4, -0.2) is 59.3 Å². The van der Waals surface area contributed by atoms with Crippen LogP contribution in [0.5, 0.6) is 5.75 Å². The van der Waals surface area contributed by atoms with E-state index in [0.717, 1.165) is 63.2 Å². The topological polar surface area (TPSA) is 54.6 Å².